The first-order valence-electron chi connectivity index (χ1n) is 7.00. The molecule has 0 radical (unpaired) electrons. The summed E-state index contributed by atoms with van der Waals surface area (Å²) in [6, 6.07) is 7.77. The lowest BCUT2D eigenvalue weighted by Crippen LogP contribution is -2.22. The molecule has 3 rings (SSSR count). The Bertz CT molecular complexity index is 628. The van der Waals surface area contributed by atoms with Crippen molar-refractivity contribution < 1.29 is 9.53 Å². The minimum absolute atomic E-state index is 0.0571. The molecule has 0 aliphatic carbocycles. The van der Waals surface area contributed by atoms with E-state index >= 15 is 0 Å². The van der Waals surface area contributed by atoms with Gasteiger partial charge in [0.2, 0.25) is 6.41 Å². The molecule has 1 atom stereocenters. The van der Waals surface area contributed by atoms with Crippen molar-refractivity contribution in [3.63, 3.8) is 0 Å². The summed E-state index contributed by atoms with van der Waals surface area (Å²) in [5.41, 5.74) is 2.53. The maximum absolute atomic E-state index is 11.0. The number of carbonyl (C=O) groups is 1. The number of hydrogen-bond acceptors (Lipinski definition) is 4. The van der Waals surface area contributed by atoms with Gasteiger partial charge in [0.25, 0.3) is 0 Å². The SMILES string of the molecule is COc1ccccc1-c1cnc(C2CCCN2C=O)cn1. The third-order valence-electron chi connectivity index (χ3n) is 3.83. The molecule has 0 N–H and O–H groups in total. The van der Waals surface area contributed by atoms with Crippen LogP contribution in [0.3, 0.4) is 0 Å². The molecule has 1 aliphatic rings. The number of amides is 1. The molecule has 108 valence electrons. The van der Waals surface area contributed by atoms with E-state index in [9.17, 15) is 4.79 Å². The number of ether oxygens (including phenoxy) is 1. The summed E-state index contributed by atoms with van der Waals surface area (Å²) in [6.45, 7) is 0.796. The topological polar surface area (TPSA) is 55.3 Å². The number of nitrogens with zero attached hydrogens (tertiary/aromatic N) is 3. The first-order chi connectivity index (χ1) is 10.3. The van der Waals surface area contributed by atoms with Gasteiger partial charge in [0.15, 0.2) is 0 Å². The fourth-order valence-corrected chi connectivity index (χ4v) is 2.74. The van der Waals surface area contributed by atoms with Gasteiger partial charge in [-0.05, 0) is 25.0 Å². The molecule has 1 aromatic carbocycles. The van der Waals surface area contributed by atoms with Crippen LogP contribution in [0.1, 0.15) is 24.6 Å². The van der Waals surface area contributed by atoms with Crippen LogP contribution in [0.25, 0.3) is 11.3 Å². The van der Waals surface area contributed by atoms with Crippen LogP contribution in [0.15, 0.2) is 36.7 Å². The summed E-state index contributed by atoms with van der Waals surface area (Å²) < 4.78 is 5.34. The van der Waals surface area contributed by atoms with Crippen molar-refractivity contribution in [3.8, 4) is 17.0 Å². The second-order valence-electron chi connectivity index (χ2n) is 5.03. The highest BCUT2D eigenvalue weighted by Crippen LogP contribution is 2.31. The zero-order valence-electron chi connectivity index (χ0n) is 11.9. The molecular weight excluding hydrogens is 266 g/mol. The van der Waals surface area contributed by atoms with Gasteiger partial charge >= 0.3 is 0 Å². The van der Waals surface area contributed by atoms with Gasteiger partial charge in [-0.2, -0.15) is 0 Å². The Morgan fingerprint density at radius 3 is 2.86 bits per heavy atom. The van der Waals surface area contributed by atoms with Gasteiger partial charge in [-0.25, -0.2) is 0 Å². The van der Waals surface area contributed by atoms with E-state index in [0.29, 0.717) is 0 Å². The maximum atomic E-state index is 11.0. The van der Waals surface area contributed by atoms with E-state index in [1.807, 2.05) is 24.3 Å². The Morgan fingerprint density at radius 1 is 1.29 bits per heavy atom. The number of hydrogen-bond donors (Lipinski definition) is 0. The van der Waals surface area contributed by atoms with E-state index in [1.165, 1.54) is 0 Å². The minimum atomic E-state index is 0.0571. The van der Waals surface area contributed by atoms with Crippen LogP contribution in [-0.2, 0) is 4.79 Å². The smallest absolute Gasteiger partial charge is 0.210 e. The number of aromatic nitrogens is 2. The van der Waals surface area contributed by atoms with Crippen molar-refractivity contribution in [2.24, 2.45) is 0 Å². The lowest BCUT2D eigenvalue weighted by Gasteiger charge is -2.19. The summed E-state index contributed by atoms with van der Waals surface area (Å²) in [4.78, 5) is 21.8. The number of likely N-dealkylation sites (tertiary alicyclic amines) is 1. The molecule has 0 bridgehead atoms. The molecule has 1 saturated heterocycles. The predicted octanol–water partition coefficient (Wildman–Crippen LogP) is 2.45. The average molecular weight is 283 g/mol. The van der Waals surface area contributed by atoms with Gasteiger partial charge in [-0.15, -0.1) is 0 Å². The van der Waals surface area contributed by atoms with Crippen molar-refractivity contribution in [2.45, 2.75) is 18.9 Å². The summed E-state index contributed by atoms with van der Waals surface area (Å²) in [5, 5.41) is 0. The van der Waals surface area contributed by atoms with E-state index in [0.717, 1.165) is 48.5 Å². The summed E-state index contributed by atoms with van der Waals surface area (Å²) in [7, 11) is 1.64. The van der Waals surface area contributed by atoms with E-state index in [4.69, 9.17) is 4.74 Å². The minimum Gasteiger partial charge on any atom is -0.496 e. The Kier molecular flexibility index (Phi) is 3.81. The molecular formula is C16H17N3O2. The highest BCUT2D eigenvalue weighted by Gasteiger charge is 2.26. The lowest BCUT2D eigenvalue weighted by atomic mass is 10.1. The van der Waals surface area contributed by atoms with Gasteiger partial charge in [0.1, 0.15) is 5.75 Å². The second kappa shape index (κ2) is 5.91. The number of rotatable bonds is 4. The van der Waals surface area contributed by atoms with Crippen molar-refractivity contribution in [3.05, 3.63) is 42.4 Å². The van der Waals surface area contributed by atoms with Crippen molar-refractivity contribution in [1.82, 2.24) is 14.9 Å². The molecule has 2 heterocycles. The third-order valence-corrected chi connectivity index (χ3v) is 3.83. The van der Waals surface area contributed by atoms with Crippen LogP contribution in [0, 0.1) is 0 Å². The third kappa shape index (κ3) is 2.59. The molecule has 21 heavy (non-hydrogen) atoms. The monoisotopic (exact) mass is 283 g/mol. The number of carbonyl (C=O) groups excluding carboxylic acids is 1. The molecule has 1 aliphatic heterocycles. The largest absolute Gasteiger partial charge is 0.496 e. The molecule has 0 saturated carbocycles. The summed E-state index contributed by atoms with van der Waals surface area (Å²) >= 11 is 0. The summed E-state index contributed by atoms with van der Waals surface area (Å²) in [6.07, 6.45) is 6.36. The zero-order valence-corrected chi connectivity index (χ0v) is 11.9. The number of benzene rings is 1. The van der Waals surface area contributed by atoms with Crippen LogP contribution in [0.5, 0.6) is 5.75 Å². The van der Waals surface area contributed by atoms with Crippen LogP contribution < -0.4 is 4.74 Å². The molecule has 5 nitrogen and oxygen atoms in total. The number of methoxy groups -OCH3 is 1. The Balaban J connectivity index is 1.89. The number of para-hydroxylation sites is 1. The fraction of sp³-hybridized carbons (Fsp3) is 0.312. The van der Waals surface area contributed by atoms with Crippen molar-refractivity contribution in [1.29, 1.82) is 0 Å². The first-order valence-corrected chi connectivity index (χ1v) is 7.00. The van der Waals surface area contributed by atoms with E-state index in [2.05, 4.69) is 9.97 Å². The molecule has 5 heteroatoms. The first kappa shape index (κ1) is 13.5. The second-order valence-corrected chi connectivity index (χ2v) is 5.03. The molecule has 1 aromatic heterocycles. The van der Waals surface area contributed by atoms with Crippen LogP contribution in [0.2, 0.25) is 0 Å². The van der Waals surface area contributed by atoms with E-state index in [1.54, 1.807) is 24.4 Å². The van der Waals surface area contributed by atoms with Gasteiger partial charge in [-0.1, -0.05) is 12.1 Å². The summed E-state index contributed by atoms with van der Waals surface area (Å²) in [5.74, 6) is 0.773. The predicted molar refractivity (Wildman–Crippen MR) is 78.8 cm³/mol. The van der Waals surface area contributed by atoms with E-state index in [-0.39, 0.29) is 6.04 Å². The van der Waals surface area contributed by atoms with Gasteiger partial charge in [0.05, 0.1) is 36.9 Å². The molecule has 1 amide bonds. The Labute approximate surface area is 123 Å². The molecule has 0 spiro atoms. The van der Waals surface area contributed by atoms with Crippen molar-refractivity contribution in [2.75, 3.05) is 13.7 Å². The van der Waals surface area contributed by atoms with E-state index < -0.39 is 0 Å². The Morgan fingerprint density at radius 2 is 2.14 bits per heavy atom. The van der Waals surface area contributed by atoms with Gasteiger partial charge in [0, 0.05) is 12.1 Å². The molecule has 2 aromatic rings. The molecule has 1 unspecified atom stereocenters. The van der Waals surface area contributed by atoms with Crippen LogP contribution in [0.4, 0.5) is 0 Å². The average Bonchev–Trinajstić information content (AvgIpc) is 3.03. The quantitative estimate of drug-likeness (QED) is 0.809. The fourth-order valence-electron chi connectivity index (χ4n) is 2.74. The van der Waals surface area contributed by atoms with Gasteiger partial charge < -0.3 is 9.64 Å². The zero-order chi connectivity index (χ0) is 14.7. The van der Waals surface area contributed by atoms with Crippen LogP contribution in [-0.4, -0.2) is 34.9 Å². The standard InChI is InChI=1S/C16H17N3O2/c1-21-16-7-3-2-5-12(16)13-9-18-14(10-17-13)15-6-4-8-19(15)11-20/h2-3,5,7,9-11,15H,4,6,8H2,1H3. The molecule has 1 fully saturated rings. The highest BCUT2D eigenvalue weighted by molar-refractivity contribution is 5.66. The highest BCUT2D eigenvalue weighted by atomic mass is 16.5. The lowest BCUT2D eigenvalue weighted by molar-refractivity contribution is -0.119. The van der Waals surface area contributed by atoms with Crippen LogP contribution >= 0.6 is 0 Å². The normalized spacial score (nSPS) is 17.8. The Hall–Kier alpha value is -2.43. The van der Waals surface area contributed by atoms with Gasteiger partial charge in [-0.3, -0.25) is 14.8 Å². The maximum Gasteiger partial charge on any atom is 0.210 e. The van der Waals surface area contributed by atoms with Crippen molar-refractivity contribution >= 4 is 6.41 Å².